The smallest absolute Gasteiger partial charge is 0.257 e. The summed E-state index contributed by atoms with van der Waals surface area (Å²) in [6, 6.07) is 5.97. The summed E-state index contributed by atoms with van der Waals surface area (Å²) in [6.07, 6.45) is 8.05. The van der Waals surface area contributed by atoms with Gasteiger partial charge in [0, 0.05) is 44.2 Å². The number of halogens is 2. The molecule has 36 heavy (non-hydrogen) atoms. The number of amides is 1. The fourth-order valence-electron chi connectivity index (χ4n) is 4.36. The number of furan rings is 1. The molecule has 1 fully saturated rings. The standard InChI is InChI=1S/C27H32F2N4O3/c1-3-10-30-26(34)25-22(28)14-21(15-23(25)29)35-13-4-5-19-8-11-33(12-9-19)27-31-16-20(17-32-27)24-7-6-18(2)36-24/h6-7,14-17,19H,3-5,8-13H2,1-2H3,(H,30,34). The lowest BCUT2D eigenvalue weighted by atomic mass is 9.92. The minimum atomic E-state index is -0.916. The molecule has 0 radical (unpaired) electrons. The average Bonchev–Trinajstić information content (AvgIpc) is 3.31. The van der Waals surface area contributed by atoms with E-state index in [0.29, 0.717) is 25.5 Å². The Labute approximate surface area is 209 Å². The predicted octanol–water partition coefficient (Wildman–Crippen LogP) is 5.54. The van der Waals surface area contributed by atoms with Crippen LogP contribution in [0.3, 0.4) is 0 Å². The number of aryl methyl sites for hydroxylation is 1. The van der Waals surface area contributed by atoms with E-state index in [1.165, 1.54) is 0 Å². The second kappa shape index (κ2) is 12.0. The van der Waals surface area contributed by atoms with Gasteiger partial charge in [-0.3, -0.25) is 4.79 Å². The van der Waals surface area contributed by atoms with Crippen molar-refractivity contribution < 1.29 is 22.7 Å². The number of rotatable bonds is 10. The van der Waals surface area contributed by atoms with Crippen molar-refractivity contribution in [3.05, 3.63) is 59.6 Å². The molecule has 1 aliphatic rings. The van der Waals surface area contributed by atoms with E-state index in [2.05, 4.69) is 20.2 Å². The van der Waals surface area contributed by atoms with E-state index in [1.807, 2.05) is 26.0 Å². The van der Waals surface area contributed by atoms with Crippen molar-refractivity contribution in [2.75, 3.05) is 31.1 Å². The van der Waals surface area contributed by atoms with Crippen LogP contribution in [0.2, 0.25) is 0 Å². The van der Waals surface area contributed by atoms with Gasteiger partial charge in [-0.1, -0.05) is 6.92 Å². The van der Waals surface area contributed by atoms with Crippen molar-refractivity contribution in [3.8, 4) is 17.1 Å². The van der Waals surface area contributed by atoms with Gasteiger partial charge in [-0.2, -0.15) is 0 Å². The van der Waals surface area contributed by atoms with E-state index in [-0.39, 0.29) is 5.75 Å². The van der Waals surface area contributed by atoms with Crippen molar-refractivity contribution in [1.82, 2.24) is 15.3 Å². The molecule has 0 atom stereocenters. The van der Waals surface area contributed by atoms with Crippen LogP contribution in [0, 0.1) is 24.5 Å². The van der Waals surface area contributed by atoms with Crippen LogP contribution in [-0.2, 0) is 0 Å². The largest absolute Gasteiger partial charge is 0.493 e. The summed E-state index contributed by atoms with van der Waals surface area (Å²) in [6.45, 7) is 6.24. The number of hydrogen-bond donors (Lipinski definition) is 1. The molecule has 1 aliphatic heterocycles. The summed E-state index contributed by atoms with van der Waals surface area (Å²) in [5.74, 6) is 0.398. The van der Waals surface area contributed by atoms with Gasteiger partial charge < -0.3 is 19.4 Å². The quantitative estimate of drug-likeness (QED) is 0.370. The highest BCUT2D eigenvalue weighted by atomic mass is 19.1. The van der Waals surface area contributed by atoms with Gasteiger partial charge in [0.15, 0.2) is 0 Å². The molecule has 192 valence electrons. The van der Waals surface area contributed by atoms with Crippen molar-refractivity contribution in [2.45, 2.75) is 46.0 Å². The molecular weight excluding hydrogens is 466 g/mol. The Morgan fingerprint density at radius 2 is 1.86 bits per heavy atom. The monoisotopic (exact) mass is 498 g/mol. The summed E-state index contributed by atoms with van der Waals surface area (Å²) in [4.78, 5) is 23.2. The summed E-state index contributed by atoms with van der Waals surface area (Å²) >= 11 is 0. The number of piperidine rings is 1. The number of ether oxygens (including phenoxy) is 1. The first-order valence-corrected chi connectivity index (χ1v) is 12.5. The molecule has 9 heteroatoms. The normalized spacial score (nSPS) is 14.2. The molecule has 0 aliphatic carbocycles. The molecule has 4 rings (SSSR count). The van der Waals surface area contributed by atoms with Crippen LogP contribution < -0.4 is 15.0 Å². The molecule has 0 bridgehead atoms. The number of carbonyl (C=O) groups is 1. The Morgan fingerprint density at radius 3 is 2.47 bits per heavy atom. The number of aromatic nitrogens is 2. The summed E-state index contributed by atoms with van der Waals surface area (Å²) in [5.41, 5.74) is 0.285. The van der Waals surface area contributed by atoms with E-state index in [9.17, 15) is 13.6 Å². The Hall–Kier alpha value is -3.49. The number of nitrogens with one attached hydrogen (secondary N) is 1. The van der Waals surface area contributed by atoms with Crippen LogP contribution >= 0.6 is 0 Å². The van der Waals surface area contributed by atoms with Gasteiger partial charge in [-0.15, -0.1) is 0 Å². The Kier molecular flexibility index (Phi) is 8.51. The molecule has 3 heterocycles. The molecule has 1 saturated heterocycles. The predicted molar refractivity (Wildman–Crippen MR) is 133 cm³/mol. The number of carbonyl (C=O) groups excluding carboxylic acids is 1. The van der Waals surface area contributed by atoms with Gasteiger partial charge in [0.05, 0.1) is 12.2 Å². The van der Waals surface area contributed by atoms with Crippen LogP contribution in [0.15, 0.2) is 41.1 Å². The zero-order valence-electron chi connectivity index (χ0n) is 20.7. The molecule has 3 aromatic rings. The molecule has 2 aromatic heterocycles. The highest BCUT2D eigenvalue weighted by Gasteiger charge is 2.22. The fourth-order valence-corrected chi connectivity index (χ4v) is 4.36. The van der Waals surface area contributed by atoms with E-state index in [4.69, 9.17) is 9.15 Å². The van der Waals surface area contributed by atoms with E-state index in [0.717, 1.165) is 73.9 Å². The van der Waals surface area contributed by atoms with Crippen molar-refractivity contribution in [1.29, 1.82) is 0 Å². The summed E-state index contributed by atoms with van der Waals surface area (Å²) in [7, 11) is 0. The molecule has 1 aromatic carbocycles. The minimum absolute atomic E-state index is 0.0946. The maximum Gasteiger partial charge on any atom is 0.257 e. The second-order valence-electron chi connectivity index (χ2n) is 9.12. The summed E-state index contributed by atoms with van der Waals surface area (Å²) in [5, 5.41) is 2.49. The minimum Gasteiger partial charge on any atom is -0.493 e. The zero-order chi connectivity index (χ0) is 25.5. The zero-order valence-corrected chi connectivity index (χ0v) is 20.7. The SMILES string of the molecule is CCCNC(=O)c1c(F)cc(OCCCC2CCN(c3ncc(-c4ccc(C)o4)cn3)CC2)cc1F. The van der Waals surface area contributed by atoms with Gasteiger partial charge in [0.25, 0.3) is 5.91 Å². The highest BCUT2D eigenvalue weighted by molar-refractivity contribution is 5.94. The first-order valence-electron chi connectivity index (χ1n) is 12.5. The lowest BCUT2D eigenvalue weighted by Gasteiger charge is -2.32. The van der Waals surface area contributed by atoms with Crippen molar-refractivity contribution in [3.63, 3.8) is 0 Å². The Balaban J connectivity index is 1.19. The van der Waals surface area contributed by atoms with Crippen LogP contribution in [0.25, 0.3) is 11.3 Å². The second-order valence-corrected chi connectivity index (χ2v) is 9.12. The van der Waals surface area contributed by atoms with E-state index >= 15 is 0 Å². The molecule has 1 amide bonds. The summed E-state index contributed by atoms with van der Waals surface area (Å²) < 4.78 is 39.7. The maximum absolute atomic E-state index is 14.3. The topological polar surface area (TPSA) is 80.5 Å². The Bertz CT molecular complexity index is 1140. The lowest BCUT2D eigenvalue weighted by molar-refractivity contribution is 0.0945. The van der Waals surface area contributed by atoms with Crippen molar-refractivity contribution in [2.24, 2.45) is 5.92 Å². The van der Waals surface area contributed by atoms with Crippen LogP contribution in [0.1, 0.15) is 55.1 Å². The number of benzene rings is 1. The number of anilines is 1. The number of nitrogens with zero attached hydrogens (tertiary/aromatic N) is 3. The third-order valence-electron chi connectivity index (χ3n) is 6.36. The van der Waals surface area contributed by atoms with Crippen molar-refractivity contribution >= 4 is 11.9 Å². The first-order chi connectivity index (χ1) is 17.4. The molecule has 1 N–H and O–H groups in total. The molecule has 0 unspecified atom stereocenters. The Morgan fingerprint density at radius 1 is 1.17 bits per heavy atom. The number of hydrogen-bond acceptors (Lipinski definition) is 6. The lowest BCUT2D eigenvalue weighted by Crippen LogP contribution is -2.34. The van der Waals surface area contributed by atoms with Gasteiger partial charge >= 0.3 is 0 Å². The third-order valence-corrected chi connectivity index (χ3v) is 6.36. The molecule has 7 nitrogen and oxygen atoms in total. The average molecular weight is 499 g/mol. The van der Waals surface area contributed by atoms with Gasteiger partial charge in [0.1, 0.15) is 34.5 Å². The molecule has 0 spiro atoms. The first kappa shape index (κ1) is 25.6. The van der Waals surface area contributed by atoms with Gasteiger partial charge in [-0.05, 0) is 57.1 Å². The molecular formula is C27H32F2N4O3. The molecule has 0 saturated carbocycles. The van der Waals surface area contributed by atoms with E-state index < -0.39 is 23.1 Å². The van der Waals surface area contributed by atoms with Crippen LogP contribution in [0.4, 0.5) is 14.7 Å². The highest BCUT2D eigenvalue weighted by Crippen LogP contribution is 2.27. The fraction of sp³-hybridized carbons (Fsp3) is 0.444. The van der Waals surface area contributed by atoms with Crippen LogP contribution in [-0.4, -0.2) is 42.1 Å². The maximum atomic E-state index is 14.3. The van der Waals surface area contributed by atoms with E-state index in [1.54, 1.807) is 12.4 Å². The van der Waals surface area contributed by atoms with Crippen LogP contribution in [0.5, 0.6) is 5.75 Å². The third kappa shape index (κ3) is 6.38. The van der Waals surface area contributed by atoms with Gasteiger partial charge in [-0.25, -0.2) is 18.7 Å². The van der Waals surface area contributed by atoms with Gasteiger partial charge in [0.2, 0.25) is 5.95 Å².